The van der Waals surface area contributed by atoms with Gasteiger partial charge in [0.15, 0.2) is 0 Å². The molecule has 0 aliphatic rings. The summed E-state index contributed by atoms with van der Waals surface area (Å²) in [5.74, 6) is -1.72. The third-order valence-electron chi connectivity index (χ3n) is 3.83. The minimum absolute atomic E-state index is 0.160. The number of nitrogens with zero attached hydrogens (tertiary/aromatic N) is 3. The number of amidine groups is 1. The van der Waals surface area contributed by atoms with Crippen LogP contribution in [-0.2, 0) is 0 Å². The van der Waals surface area contributed by atoms with Crippen molar-refractivity contribution in [2.75, 3.05) is 5.43 Å². The highest BCUT2D eigenvalue weighted by atomic mass is 16.4. The van der Waals surface area contributed by atoms with Crippen molar-refractivity contribution < 1.29 is 19.8 Å². The van der Waals surface area contributed by atoms with Gasteiger partial charge < -0.3 is 10.2 Å². The first-order valence-electron chi connectivity index (χ1n) is 8.50. The number of carboxylic acids is 2. The van der Waals surface area contributed by atoms with Gasteiger partial charge in [-0.15, -0.1) is 10.2 Å². The summed E-state index contributed by atoms with van der Waals surface area (Å²) < 4.78 is 0. The number of benzene rings is 3. The number of aromatic carboxylic acids is 2. The van der Waals surface area contributed by atoms with E-state index in [1.54, 1.807) is 24.3 Å². The van der Waals surface area contributed by atoms with Crippen molar-refractivity contribution in [2.45, 2.75) is 0 Å². The molecule has 29 heavy (non-hydrogen) atoms. The van der Waals surface area contributed by atoms with Crippen molar-refractivity contribution in [3.8, 4) is 0 Å². The zero-order valence-corrected chi connectivity index (χ0v) is 15.1. The van der Waals surface area contributed by atoms with Crippen molar-refractivity contribution in [2.24, 2.45) is 15.3 Å². The summed E-state index contributed by atoms with van der Waals surface area (Å²) in [6, 6.07) is 21.3. The Morgan fingerprint density at radius 3 is 1.79 bits per heavy atom. The second-order valence-corrected chi connectivity index (χ2v) is 5.85. The number of hydrogen-bond donors (Lipinski definition) is 3. The van der Waals surface area contributed by atoms with Crippen LogP contribution in [0.3, 0.4) is 0 Å². The van der Waals surface area contributed by atoms with Crippen LogP contribution >= 0.6 is 0 Å². The van der Waals surface area contributed by atoms with Gasteiger partial charge in [0.25, 0.3) is 0 Å². The van der Waals surface area contributed by atoms with Gasteiger partial charge in [-0.1, -0.05) is 30.3 Å². The van der Waals surface area contributed by atoms with Gasteiger partial charge in [-0.25, -0.2) is 9.59 Å². The number of hydrogen-bond acceptors (Lipinski definition) is 5. The van der Waals surface area contributed by atoms with E-state index in [9.17, 15) is 9.59 Å². The largest absolute Gasteiger partial charge is 0.478 e. The molecule has 3 aromatic carbocycles. The SMILES string of the molecule is O=C(O)c1ccc(N=N/C(=N/Nc2ccc(C(=O)O)cc2)c2ccccc2)cc1. The van der Waals surface area contributed by atoms with Crippen LogP contribution in [0.15, 0.2) is 94.2 Å². The fourth-order valence-electron chi connectivity index (χ4n) is 2.31. The number of nitrogens with one attached hydrogen (secondary N) is 1. The molecule has 0 amide bonds. The molecule has 0 unspecified atom stereocenters. The molecule has 0 saturated carbocycles. The first-order valence-corrected chi connectivity index (χ1v) is 8.50. The van der Waals surface area contributed by atoms with Gasteiger partial charge in [-0.05, 0) is 48.5 Å². The molecule has 0 atom stereocenters. The van der Waals surface area contributed by atoms with Crippen LogP contribution in [0.1, 0.15) is 26.3 Å². The Balaban J connectivity index is 1.83. The average molecular weight is 388 g/mol. The van der Waals surface area contributed by atoms with E-state index >= 15 is 0 Å². The van der Waals surface area contributed by atoms with Gasteiger partial charge in [0.05, 0.1) is 22.5 Å². The normalized spacial score (nSPS) is 11.4. The van der Waals surface area contributed by atoms with E-state index in [4.69, 9.17) is 10.2 Å². The fourth-order valence-corrected chi connectivity index (χ4v) is 2.31. The molecule has 0 fully saturated rings. The predicted molar refractivity (Wildman–Crippen MR) is 108 cm³/mol. The Morgan fingerprint density at radius 1 is 0.690 bits per heavy atom. The summed E-state index contributed by atoms with van der Waals surface area (Å²) in [5, 5.41) is 30.5. The fraction of sp³-hybridized carbons (Fsp3) is 0. The number of rotatable bonds is 6. The molecule has 0 aliphatic carbocycles. The number of anilines is 1. The van der Waals surface area contributed by atoms with E-state index in [0.717, 1.165) is 0 Å². The summed E-state index contributed by atoms with van der Waals surface area (Å²) in [6.45, 7) is 0. The molecule has 0 spiro atoms. The maximum absolute atomic E-state index is 10.9. The van der Waals surface area contributed by atoms with Gasteiger partial charge in [-0.2, -0.15) is 5.10 Å². The van der Waals surface area contributed by atoms with Crippen LogP contribution in [0.25, 0.3) is 0 Å². The van der Waals surface area contributed by atoms with Crippen molar-refractivity contribution in [3.63, 3.8) is 0 Å². The van der Waals surface area contributed by atoms with Crippen LogP contribution in [-0.4, -0.2) is 28.0 Å². The van der Waals surface area contributed by atoms with Crippen LogP contribution in [0, 0.1) is 0 Å². The number of carboxylic acid groups (broad SMARTS) is 2. The molecule has 144 valence electrons. The van der Waals surface area contributed by atoms with E-state index in [2.05, 4.69) is 20.8 Å². The molecule has 0 radical (unpaired) electrons. The van der Waals surface area contributed by atoms with Gasteiger partial charge >= 0.3 is 11.9 Å². The molecule has 3 rings (SSSR count). The van der Waals surface area contributed by atoms with Crippen LogP contribution < -0.4 is 5.43 Å². The van der Waals surface area contributed by atoms with Crippen molar-refractivity contribution >= 4 is 29.1 Å². The number of hydrazone groups is 1. The highest BCUT2D eigenvalue weighted by Gasteiger charge is 2.05. The lowest BCUT2D eigenvalue weighted by atomic mass is 10.2. The summed E-state index contributed by atoms with van der Waals surface area (Å²) in [5.41, 5.74) is 4.95. The first-order chi connectivity index (χ1) is 14.0. The predicted octanol–water partition coefficient (Wildman–Crippen LogP) is 4.64. The van der Waals surface area contributed by atoms with Crippen molar-refractivity contribution in [1.82, 2.24) is 0 Å². The monoisotopic (exact) mass is 388 g/mol. The summed E-state index contributed by atoms with van der Waals surface area (Å²) in [7, 11) is 0. The Kier molecular flexibility index (Phi) is 6.06. The lowest BCUT2D eigenvalue weighted by Crippen LogP contribution is -2.01. The van der Waals surface area contributed by atoms with E-state index in [0.29, 0.717) is 22.8 Å². The third-order valence-corrected chi connectivity index (χ3v) is 3.83. The van der Waals surface area contributed by atoms with E-state index < -0.39 is 11.9 Å². The van der Waals surface area contributed by atoms with Crippen molar-refractivity contribution in [3.05, 3.63) is 95.6 Å². The Hall–Kier alpha value is -4.33. The van der Waals surface area contributed by atoms with E-state index in [-0.39, 0.29) is 11.1 Å². The van der Waals surface area contributed by atoms with E-state index in [1.807, 2.05) is 30.3 Å². The lowest BCUT2D eigenvalue weighted by molar-refractivity contribution is 0.0686. The van der Waals surface area contributed by atoms with Crippen LogP contribution in [0.5, 0.6) is 0 Å². The molecule has 3 N–H and O–H groups in total. The van der Waals surface area contributed by atoms with Gasteiger partial charge in [-0.3, -0.25) is 5.43 Å². The van der Waals surface area contributed by atoms with Gasteiger partial charge in [0.2, 0.25) is 5.84 Å². The average Bonchev–Trinajstić information content (AvgIpc) is 2.75. The summed E-state index contributed by atoms with van der Waals surface area (Å²) >= 11 is 0. The second kappa shape index (κ2) is 9.05. The molecule has 0 aliphatic heterocycles. The lowest BCUT2D eigenvalue weighted by Gasteiger charge is -2.04. The zero-order chi connectivity index (χ0) is 20.6. The number of azo groups is 1. The highest BCUT2D eigenvalue weighted by Crippen LogP contribution is 2.16. The first kappa shape index (κ1) is 19.4. The molecule has 3 aromatic rings. The standard InChI is InChI=1S/C21H16N4O4/c26-20(27)15-6-10-17(11-7-15)22-24-19(14-4-2-1-3-5-14)25-23-18-12-8-16(9-13-18)21(28)29/h1-13,22H,(H,26,27)(H,28,29)/b24-19+,25-23?. The Labute approximate surface area is 165 Å². The zero-order valence-electron chi connectivity index (χ0n) is 15.1. The molecular weight excluding hydrogens is 372 g/mol. The molecule has 8 nitrogen and oxygen atoms in total. The van der Waals surface area contributed by atoms with Crippen LogP contribution in [0.2, 0.25) is 0 Å². The smallest absolute Gasteiger partial charge is 0.335 e. The Bertz CT molecular complexity index is 1060. The third kappa shape index (κ3) is 5.33. The minimum Gasteiger partial charge on any atom is -0.478 e. The topological polar surface area (TPSA) is 124 Å². The molecular formula is C21H16N4O4. The van der Waals surface area contributed by atoms with Crippen LogP contribution in [0.4, 0.5) is 11.4 Å². The summed E-state index contributed by atoms with van der Waals surface area (Å²) in [6.07, 6.45) is 0. The highest BCUT2D eigenvalue weighted by molar-refractivity contribution is 5.99. The summed E-state index contributed by atoms with van der Waals surface area (Å²) in [4.78, 5) is 21.9. The molecule has 0 bridgehead atoms. The molecule has 0 saturated heterocycles. The second-order valence-electron chi connectivity index (χ2n) is 5.85. The molecule has 0 aromatic heterocycles. The minimum atomic E-state index is -1.02. The Morgan fingerprint density at radius 2 is 1.24 bits per heavy atom. The van der Waals surface area contributed by atoms with Gasteiger partial charge in [0.1, 0.15) is 0 Å². The maximum atomic E-state index is 10.9. The van der Waals surface area contributed by atoms with Gasteiger partial charge in [0, 0.05) is 5.56 Å². The quantitative estimate of drug-likeness (QED) is 0.246. The molecule has 0 heterocycles. The van der Waals surface area contributed by atoms with E-state index in [1.165, 1.54) is 24.3 Å². The van der Waals surface area contributed by atoms with Crippen molar-refractivity contribution in [1.29, 1.82) is 0 Å². The number of carbonyl (C=O) groups is 2. The molecule has 8 heteroatoms. The maximum Gasteiger partial charge on any atom is 0.335 e.